The average molecular weight is 251 g/mol. The van der Waals surface area contributed by atoms with Gasteiger partial charge < -0.3 is 10.4 Å². The molecule has 0 saturated carbocycles. The number of nitrogens with one attached hydrogen (secondary N) is 1. The number of aromatic nitrogens is 1. The van der Waals surface area contributed by atoms with Gasteiger partial charge in [0.25, 0.3) is 0 Å². The van der Waals surface area contributed by atoms with Gasteiger partial charge in [-0.15, -0.1) is 0 Å². The van der Waals surface area contributed by atoms with Crippen LogP contribution in [0.15, 0.2) is 30.5 Å². The van der Waals surface area contributed by atoms with Gasteiger partial charge >= 0.3 is 5.97 Å². The van der Waals surface area contributed by atoms with E-state index in [1.807, 2.05) is 12.1 Å². The number of nitrogens with zero attached hydrogens (tertiary/aromatic N) is 1. The molecule has 1 atom stereocenters. The molecule has 2 N–H and O–H groups in total. The van der Waals surface area contributed by atoms with Crippen LogP contribution in [0.4, 0.5) is 5.82 Å². The standard InChI is InChI=1S/C12H11ClN2O2/c1-7(12(16)17)15-11-9-3-2-4-10(13)8(9)5-6-14-11/h2-7H,1H3,(H,14,15)(H,16,17). The summed E-state index contributed by atoms with van der Waals surface area (Å²) < 4.78 is 0. The monoisotopic (exact) mass is 250 g/mol. The highest BCUT2D eigenvalue weighted by Gasteiger charge is 2.13. The number of hydrogen-bond acceptors (Lipinski definition) is 3. The number of carbonyl (C=O) groups is 1. The topological polar surface area (TPSA) is 62.2 Å². The van der Waals surface area contributed by atoms with Crippen molar-refractivity contribution in [2.45, 2.75) is 13.0 Å². The van der Waals surface area contributed by atoms with Crippen LogP contribution in [0, 0.1) is 0 Å². The summed E-state index contributed by atoms with van der Waals surface area (Å²) in [4.78, 5) is 14.9. The lowest BCUT2D eigenvalue weighted by Crippen LogP contribution is -2.25. The van der Waals surface area contributed by atoms with E-state index in [1.54, 1.807) is 25.3 Å². The molecule has 5 heteroatoms. The molecule has 1 aromatic carbocycles. The van der Waals surface area contributed by atoms with Gasteiger partial charge in [0.15, 0.2) is 0 Å². The summed E-state index contributed by atoms with van der Waals surface area (Å²) in [5, 5.41) is 14.0. The highest BCUT2D eigenvalue weighted by atomic mass is 35.5. The molecule has 1 heterocycles. The van der Waals surface area contributed by atoms with Crippen LogP contribution in [-0.4, -0.2) is 22.1 Å². The number of carboxylic acids is 1. The molecule has 1 unspecified atom stereocenters. The normalized spacial score (nSPS) is 12.4. The van der Waals surface area contributed by atoms with Crippen molar-refractivity contribution in [2.75, 3.05) is 5.32 Å². The molecule has 0 amide bonds. The van der Waals surface area contributed by atoms with Crippen molar-refractivity contribution in [3.63, 3.8) is 0 Å². The van der Waals surface area contributed by atoms with Crippen LogP contribution in [0.25, 0.3) is 10.8 Å². The Morgan fingerprint density at radius 1 is 1.41 bits per heavy atom. The maximum Gasteiger partial charge on any atom is 0.325 e. The zero-order valence-corrected chi connectivity index (χ0v) is 9.90. The van der Waals surface area contributed by atoms with E-state index in [-0.39, 0.29) is 0 Å². The summed E-state index contributed by atoms with van der Waals surface area (Å²) in [7, 11) is 0. The summed E-state index contributed by atoms with van der Waals surface area (Å²) in [6.07, 6.45) is 1.60. The van der Waals surface area contributed by atoms with Crippen LogP contribution < -0.4 is 5.32 Å². The van der Waals surface area contributed by atoms with Gasteiger partial charge in [-0.2, -0.15) is 0 Å². The van der Waals surface area contributed by atoms with E-state index in [9.17, 15) is 4.79 Å². The second kappa shape index (κ2) is 4.59. The number of fused-ring (bicyclic) bond motifs is 1. The predicted molar refractivity (Wildman–Crippen MR) is 67.5 cm³/mol. The Bertz CT molecular complexity index is 571. The fourth-order valence-corrected chi connectivity index (χ4v) is 1.79. The first-order valence-electron chi connectivity index (χ1n) is 5.12. The Hall–Kier alpha value is -1.81. The maximum absolute atomic E-state index is 10.8. The third-order valence-electron chi connectivity index (χ3n) is 2.48. The Morgan fingerprint density at radius 3 is 2.88 bits per heavy atom. The van der Waals surface area contributed by atoms with Crippen LogP contribution in [0.3, 0.4) is 0 Å². The molecular formula is C12H11ClN2O2. The lowest BCUT2D eigenvalue weighted by atomic mass is 10.1. The van der Waals surface area contributed by atoms with Gasteiger partial charge in [-0.05, 0) is 19.1 Å². The van der Waals surface area contributed by atoms with Gasteiger partial charge in [0, 0.05) is 22.0 Å². The first-order chi connectivity index (χ1) is 8.09. The van der Waals surface area contributed by atoms with Crippen molar-refractivity contribution in [2.24, 2.45) is 0 Å². The van der Waals surface area contributed by atoms with Crippen LogP contribution in [0.2, 0.25) is 5.02 Å². The Labute approximate surface area is 103 Å². The first kappa shape index (κ1) is 11.7. The van der Waals surface area contributed by atoms with Crippen LogP contribution in [0.5, 0.6) is 0 Å². The highest BCUT2D eigenvalue weighted by Crippen LogP contribution is 2.27. The van der Waals surface area contributed by atoms with E-state index in [1.165, 1.54) is 0 Å². The molecule has 2 aromatic rings. The van der Waals surface area contributed by atoms with Gasteiger partial charge in [0.1, 0.15) is 11.9 Å². The van der Waals surface area contributed by atoms with Gasteiger partial charge in [-0.3, -0.25) is 4.79 Å². The minimum atomic E-state index is -0.925. The highest BCUT2D eigenvalue weighted by molar-refractivity contribution is 6.35. The smallest absolute Gasteiger partial charge is 0.325 e. The van der Waals surface area contributed by atoms with E-state index in [4.69, 9.17) is 16.7 Å². The quantitative estimate of drug-likeness (QED) is 0.879. The second-order valence-electron chi connectivity index (χ2n) is 3.70. The van der Waals surface area contributed by atoms with Crippen LogP contribution >= 0.6 is 11.6 Å². The molecule has 17 heavy (non-hydrogen) atoms. The number of carboxylic acid groups (broad SMARTS) is 1. The molecule has 1 aromatic heterocycles. The molecule has 0 spiro atoms. The molecule has 4 nitrogen and oxygen atoms in total. The molecular weight excluding hydrogens is 240 g/mol. The summed E-state index contributed by atoms with van der Waals surface area (Å²) >= 11 is 6.06. The summed E-state index contributed by atoms with van der Waals surface area (Å²) in [5.41, 5.74) is 0. The second-order valence-corrected chi connectivity index (χ2v) is 4.11. The lowest BCUT2D eigenvalue weighted by molar-refractivity contribution is -0.137. The molecule has 0 aliphatic carbocycles. The van der Waals surface area contributed by atoms with Crippen molar-refractivity contribution in [3.8, 4) is 0 Å². The predicted octanol–water partition coefficient (Wildman–Crippen LogP) is 2.77. The SMILES string of the molecule is CC(Nc1nccc2c(Cl)cccc12)C(=O)O. The molecule has 0 aliphatic rings. The summed E-state index contributed by atoms with van der Waals surface area (Å²) in [6.45, 7) is 1.56. The molecule has 0 fully saturated rings. The van der Waals surface area contributed by atoms with Crippen LogP contribution in [0.1, 0.15) is 6.92 Å². The Kier molecular flexibility index (Phi) is 3.15. The Balaban J connectivity index is 2.48. The Morgan fingerprint density at radius 2 is 2.18 bits per heavy atom. The number of anilines is 1. The number of hydrogen-bond donors (Lipinski definition) is 2. The van der Waals surface area contributed by atoms with Gasteiger partial charge in [-0.1, -0.05) is 23.7 Å². The average Bonchev–Trinajstić information content (AvgIpc) is 2.30. The van der Waals surface area contributed by atoms with E-state index in [2.05, 4.69) is 10.3 Å². The fourth-order valence-electron chi connectivity index (χ4n) is 1.55. The number of aliphatic carboxylic acids is 1. The molecule has 0 radical (unpaired) electrons. The first-order valence-corrected chi connectivity index (χ1v) is 5.50. The largest absolute Gasteiger partial charge is 0.480 e. The summed E-state index contributed by atoms with van der Waals surface area (Å²) in [6, 6.07) is 6.54. The number of benzene rings is 1. The number of halogens is 1. The van der Waals surface area contributed by atoms with Gasteiger partial charge in [0.05, 0.1) is 0 Å². The number of pyridine rings is 1. The molecule has 2 rings (SSSR count). The van der Waals surface area contributed by atoms with Crippen molar-refractivity contribution in [3.05, 3.63) is 35.5 Å². The molecule has 0 bridgehead atoms. The van der Waals surface area contributed by atoms with Crippen molar-refractivity contribution in [1.82, 2.24) is 4.98 Å². The third-order valence-corrected chi connectivity index (χ3v) is 2.81. The molecule has 88 valence electrons. The molecule has 0 aliphatic heterocycles. The zero-order chi connectivity index (χ0) is 12.4. The number of rotatable bonds is 3. The minimum absolute atomic E-state index is 0.528. The summed E-state index contributed by atoms with van der Waals surface area (Å²) in [5.74, 6) is -0.397. The van der Waals surface area contributed by atoms with E-state index in [0.717, 1.165) is 10.8 Å². The van der Waals surface area contributed by atoms with E-state index < -0.39 is 12.0 Å². The fraction of sp³-hybridized carbons (Fsp3) is 0.167. The lowest BCUT2D eigenvalue weighted by Gasteiger charge is -2.12. The van der Waals surface area contributed by atoms with E-state index >= 15 is 0 Å². The minimum Gasteiger partial charge on any atom is -0.480 e. The zero-order valence-electron chi connectivity index (χ0n) is 9.14. The third kappa shape index (κ3) is 2.31. The van der Waals surface area contributed by atoms with Crippen molar-refractivity contribution in [1.29, 1.82) is 0 Å². The van der Waals surface area contributed by atoms with Gasteiger partial charge in [0.2, 0.25) is 0 Å². The van der Waals surface area contributed by atoms with E-state index in [0.29, 0.717) is 10.8 Å². The van der Waals surface area contributed by atoms with Crippen molar-refractivity contribution >= 4 is 34.2 Å². The van der Waals surface area contributed by atoms with Crippen molar-refractivity contribution < 1.29 is 9.90 Å². The maximum atomic E-state index is 10.8. The van der Waals surface area contributed by atoms with Gasteiger partial charge in [-0.25, -0.2) is 4.98 Å². The molecule has 0 saturated heterocycles. The van der Waals surface area contributed by atoms with Crippen LogP contribution in [-0.2, 0) is 4.79 Å².